The van der Waals surface area contributed by atoms with Gasteiger partial charge in [0.05, 0.1) is 0 Å². The van der Waals surface area contributed by atoms with Gasteiger partial charge >= 0.3 is 0 Å². The lowest BCUT2D eigenvalue weighted by atomic mass is 10.1. The van der Waals surface area contributed by atoms with Crippen molar-refractivity contribution in [1.82, 2.24) is 5.32 Å². The Kier molecular flexibility index (Phi) is 7.79. The van der Waals surface area contributed by atoms with E-state index in [0.29, 0.717) is 5.92 Å². The highest BCUT2D eigenvalue weighted by atomic mass is 14.8. The summed E-state index contributed by atoms with van der Waals surface area (Å²) < 4.78 is 0. The molecule has 0 fully saturated rings. The van der Waals surface area contributed by atoms with Gasteiger partial charge in [-0.1, -0.05) is 45.1 Å². The molecular formula is C14H25N. The Labute approximate surface area is 95.0 Å². The normalized spacial score (nSPS) is 14.0. The fourth-order valence-electron chi connectivity index (χ4n) is 1.31. The topological polar surface area (TPSA) is 12.0 Å². The van der Waals surface area contributed by atoms with Crippen LogP contribution in [0.15, 0.2) is 35.6 Å². The van der Waals surface area contributed by atoms with E-state index in [4.69, 9.17) is 0 Å². The molecule has 1 nitrogen and oxygen atoms in total. The first-order chi connectivity index (χ1) is 7.11. The molecule has 0 radical (unpaired) electrons. The van der Waals surface area contributed by atoms with E-state index in [9.17, 15) is 0 Å². The quantitative estimate of drug-likeness (QED) is 0.512. The minimum atomic E-state index is 0.652. The molecule has 0 amide bonds. The summed E-state index contributed by atoms with van der Waals surface area (Å²) in [7, 11) is 1.97. The van der Waals surface area contributed by atoms with Crippen molar-refractivity contribution in [3.05, 3.63) is 35.6 Å². The summed E-state index contributed by atoms with van der Waals surface area (Å²) in [6, 6.07) is 0. The molecule has 0 rings (SSSR count). The third-order valence-corrected chi connectivity index (χ3v) is 2.35. The van der Waals surface area contributed by atoms with Gasteiger partial charge in [-0.05, 0) is 31.3 Å². The zero-order valence-electron chi connectivity index (χ0n) is 10.8. The Morgan fingerprint density at radius 2 is 1.93 bits per heavy atom. The summed E-state index contributed by atoms with van der Waals surface area (Å²) in [5.41, 5.74) is 2.65. The minimum absolute atomic E-state index is 0.652. The SMILES string of the molecule is CCC(/C=C\C/C=C/C(C)C)=C(/C)NC. The Balaban J connectivity index is 4.15. The summed E-state index contributed by atoms with van der Waals surface area (Å²) in [5.74, 6) is 0.652. The van der Waals surface area contributed by atoms with Gasteiger partial charge in [-0.3, -0.25) is 0 Å². The van der Waals surface area contributed by atoms with Crippen molar-refractivity contribution >= 4 is 0 Å². The lowest BCUT2D eigenvalue weighted by Gasteiger charge is -2.04. The molecule has 0 atom stereocenters. The van der Waals surface area contributed by atoms with Gasteiger partial charge in [-0.2, -0.15) is 0 Å². The molecule has 0 aliphatic heterocycles. The summed E-state index contributed by atoms with van der Waals surface area (Å²) in [5, 5.41) is 3.19. The third kappa shape index (κ3) is 7.01. The van der Waals surface area contributed by atoms with Gasteiger partial charge < -0.3 is 5.32 Å². The van der Waals surface area contributed by atoms with Crippen LogP contribution in [0.25, 0.3) is 0 Å². The van der Waals surface area contributed by atoms with Gasteiger partial charge in [0, 0.05) is 12.7 Å². The van der Waals surface area contributed by atoms with E-state index < -0.39 is 0 Å². The van der Waals surface area contributed by atoms with Crippen molar-refractivity contribution < 1.29 is 0 Å². The molecule has 0 aromatic heterocycles. The van der Waals surface area contributed by atoms with Crippen molar-refractivity contribution in [2.24, 2.45) is 5.92 Å². The summed E-state index contributed by atoms with van der Waals surface area (Å²) in [6.07, 6.45) is 11.0. The molecular weight excluding hydrogens is 182 g/mol. The predicted octanol–water partition coefficient (Wildman–Crippen LogP) is 4.05. The van der Waals surface area contributed by atoms with E-state index in [1.807, 2.05) is 7.05 Å². The molecule has 0 aliphatic carbocycles. The van der Waals surface area contributed by atoms with Crippen molar-refractivity contribution in [2.45, 2.75) is 40.5 Å². The van der Waals surface area contributed by atoms with Crippen LogP contribution < -0.4 is 5.32 Å². The Hall–Kier alpha value is -0.980. The second-order valence-corrected chi connectivity index (χ2v) is 4.06. The van der Waals surface area contributed by atoms with Crippen molar-refractivity contribution in [3.8, 4) is 0 Å². The van der Waals surface area contributed by atoms with Crippen LogP contribution >= 0.6 is 0 Å². The van der Waals surface area contributed by atoms with Gasteiger partial charge in [0.2, 0.25) is 0 Å². The van der Waals surface area contributed by atoms with Gasteiger partial charge in [0.25, 0.3) is 0 Å². The maximum Gasteiger partial charge on any atom is 0.0105 e. The average Bonchev–Trinajstić information content (AvgIpc) is 2.22. The minimum Gasteiger partial charge on any atom is -0.391 e. The molecule has 0 bridgehead atoms. The Morgan fingerprint density at radius 3 is 2.40 bits per heavy atom. The molecule has 0 aromatic rings. The number of nitrogens with one attached hydrogen (secondary N) is 1. The van der Waals surface area contributed by atoms with E-state index in [1.54, 1.807) is 0 Å². The molecule has 0 aromatic carbocycles. The van der Waals surface area contributed by atoms with Crippen LogP contribution in [-0.2, 0) is 0 Å². The van der Waals surface area contributed by atoms with E-state index in [-0.39, 0.29) is 0 Å². The maximum absolute atomic E-state index is 3.19. The second-order valence-electron chi connectivity index (χ2n) is 4.06. The summed E-state index contributed by atoms with van der Waals surface area (Å²) >= 11 is 0. The first kappa shape index (κ1) is 14.0. The fraction of sp³-hybridized carbons (Fsp3) is 0.571. The monoisotopic (exact) mass is 207 g/mol. The Morgan fingerprint density at radius 1 is 1.27 bits per heavy atom. The smallest absolute Gasteiger partial charge is 0.0105 e. The average molecular weight is 207 g/mol. The zero-order chi connectivity index (χ0) is 11.7. The van der Waals surface area contributed by atoms with Crippen molar-refractivity contribution in [1.29, 1.82) is 0 Å². The largest absolute Gasteiger partial charge is 0.391 e. The molecule has 0 spiro atoms. The molecule has 0 unspecified atom stereocenters. The molecule has 86 valence electrons. The van der Waals surface area contributed by atoms with E-state index in [1.165, 1.54) is 11.3 Å². The molecule has 0 saturated carbocycles. The third-order valence-electron chi connectivity index (χ3n) is 2.35. The van der Waals surface area contributed by atoms with Gasteiger partial charge in [0.1, 0.15) is 0 Å². The van der Waals surface area contributed by atoms with Gasteiger partial charge in [-0.25, -0.2) is 0 Å². The van der Waals surface area contributed by atoms with Gasteiger partial charge in [-0.15, -0.1) is 0 Å². The lowest BCUT2D eigenvalue weighted by Crippen LogP contribution is -2.04. The van der Waals surface area contributed by atoms with Crippen LogP contribution in [0.1, 0.15) is 40.5 Å². The van der Waals surface area contributed by atoms with Crippen LogP contribution in [0, 0.1) is 5.92 Å². The van der Waals surface area contributed by atoms with Crippen LogP contribution in [-0.4, -0.2) is 7.05 Å². The first-order valence-electron chi connectivity index (χ1n) is 5.82. The molecule has 0 aliphatic rings. The molecule has 1 N–H and O–H groups in total. The summed E-state index contributed by atoms with van der Waals surface area (Å²) in [4.78, 5) is 0. The highest BCUT2D eigenvalue weighted by molar-refractivity contribution is 5.23. The van der Waals surface area contributed by atoms with Crippen LogP contribution in [0.5, 0.6) is 0 Å². The number of rotatable bonds is 6. The molecule has 15 heavy (non-hydrogen) atoms. The number of allylic oxidation sites excluding steroid dienone is 6. The zero-order valence-corrected chi connectivity index (χ0v) is 10.8. The van der Waals surface area contributed by atoms with Crippen LogP contribution in [0.4, 0.5) is 0 Å². The summed E-state index contributed by atoms with van der Waals surface area (Å²) in [6.45, 7) is 8.70. The van der Waals surface area contributed by atoms with E-state index in [2.05, 4.69) is 57.3 Å². The highest BCUT2D eigenvalue weighted by Crippen LogP contribution is 2.08. The maximum atomic E-state index is 3.19. The van der Waals surface area contributed by atoms with Crippen LogP contribution in [0.2, 0.25) is 0 Å². The van der Waals surface area contributed by atoms with Crippen molar-refractivity contribution in [3.63, 3.8) is 0 Å². The first-order valence-corrected chi connectivity index (χ1v) is 5.82. The fourth-order valence-corrected chi connectivity index (χ4v) is 1.31. The highest BCUT2D eigenvalue weighted by Gasteiger charge is 1.92. The molecule has 1 heteroatoms. The van der Waals surface area contributed by atoms with Gasteiger partial charge in [0.15, 0.2) is 0 Å². The predicted molar refractivity (Wildman–Crippen MR) is 69.8 cm³/mol. The second kappa shape index (κ2) is 8.34. The number of hydrogen-bond donors (Lipinski definition) is 1. The Bertz CT molecular complexity index is 244. The van der Waals surface area contributed by atoms with Crippen LogP contribution in [0.3, 0.4) is 0 Å². The van der Waals surface area contributed by atoms with E-state index in [0.717, 1.165) is 12.8 Å². The number of hydrogen-bond acceptors (Lipinski definition) is 1. The van der Waals surface area contributed by atoms with E-state index >= 15 is 0 Å². The molecule has 0 saturated heterocycles. The van der Waals surface area contributed by atoms with Crippen molar-refractivity contribution in [2.75, 3.05) is 7.05 Å². The lowest BCUT2D eigenvalue weighted by molar-refractivity contribution is 0.828. The molecule has 0 heterocycles. The standard InChI is InChI=1S/C14H25N/c1-6-14(13(4)15-5)11-9-7-8-10-12(2)3/h8-12,15H,6-7H2,1-5H3/b10-8+,11-9-,14-13+.